The molecule has 4 rings (SSSR count). The number of likely N-dealkylation sites (N-methyl/N-ethyl adjacent to an activating group) is 1. The van der Waals surface area contributed by atoms with E-state index in [4.69, 9.17) is 0 Å². The number of aromatic nitrogens is 2. The van der Waals surface area contributed by atoms with Crippen molar-refractivity contribution >= 4 is 23.1 Å². The molecule has 0 radical (unpaired) electrons. The van der Waals surface area contributed by atoms with Gasteiger partial charge in [0.25, 0.3) is 0 Å². The van der Waals surface area contributed by atoms with Gasteiger partial charge < -0.3 is 20.4 Å². The Hall–Kier alpha value is -3.12. The van der Waals surface area contributed by atoms with Crippen LogP contribution in [-0.2, 0) is 6.54 Å². The molecule has 28 heavy (non-hydrogen) atoms. The number of benzene rings is 2. The second-order valence-corrected chi connectivity index (χ2v) is 7.07. The maximum Gasteiger partial charge on any atom is 0.229 e. The largest absolute Gasteiger partial charge is 0.369 e. The van der Waals surface area contributed by atoms with Crippen molar-refractivity contribution in [1.29, 1.82) is 0 Å². The number of hydrogen-bond donors (Lipinski definition) is 2. The quantitative estimate of drug-likeness (QED) is 0.688. The molecule has 1 fully saturated rings. The van der Waals surface area contributed by atoms with E-state index in [0.29, 0.717) is 5.95 Å². The van der Waals surface area contributed by atoms with Gasteiger partial charge in [-0.3, -0.25) is 0 Å². The van der Waals surface area contributed by atoms with E-state index in [2.05, 4.69) is 73.8 Å². The van der Waals surface area contributed by atoms with Gasteiger partial charge in [0, 0.05) is 50.3 Å². The Balaban J connectivity index is 1.36. The predicted octanol–water partition coefficient (Wildman–Crippen LogP) is 3.58. The van der Waals surface area contributed by atoms with E-state index < -0.39 is 0 Å². The summed E-state index contributed by atoms with van der Waals surface area (Å²) in [4.78, 5) is 13.7. The van der Waals surface area contributed by atoms with E-state index in [9.17, 15) is 0 Å². The molecule has 0 amide bonds. The summed E-state index contributed by atoms with van der Waals surface area (Å²) in [5.41, 5.74) is 3.46. The lowest BCUT2D eigenvalue weighted by Crippen LogP contribution is -2.44. The van der Waals surface area contributed by atoms with Gasteiger partial charge in [-0.2, -0.15) is 4.98 Å². The molecule has 0 bridgehead atoms. The van der Waals surface area contributed by atoms with Gasteiger partial charge in [-0.25, -0.2) is 4.98 Å². The average molecular weight is 374 g/mol. The van der Waals surface area contributed by atoms with Crippen LogP contribution in [0.3, 0.4) is 0 Å². The predicted molar refractivity (Wildman–Crippen MR) is 115 cm³/mol. The van der Waals surface area contributed by atoms with Crippen LogP contribution in [-0.4, -0.2) is 48.1 Å². The Morgan fingerprint density at radius 2 is 1.64 bits per heavy atom. The average Bonchev–Trinajstić information content (AvgIpc) is 2.75. The number of nitrogens with zero attached hydrogens (tertiary/aromatic N) is 4. The van der Waals surface area contributed by atoms with Crippen LogP contribution >= 0.6 is 0 Å². The molecule has 3 aromatic rings. The molecule has 0 spiro atoms. The monoisotopic (exact) mass is 374 g/mol. The molecule has 2 N–H and O–H groups in total. The zero-order chi connectivity index (χ0) is 19.2. The lowest BCUT2D eigenvalue weighted by atomic mass is 10.2. The van der Waals surface area contributed by atoms with E-state index in [1.54, 1.807) is 6.20 Å². The first-order valence-electron chi connectivity index (χ1n) is 9.68. The summed E-state index contributed by atoms with van der Waals surface area (Å²) in [5, 5.41) is 6.63. The van der Waals surface area contributed by atoms with Gasteiger partial charge in [0.15, 0.2) is 0 Å². The smallest absolute Gasteiger partial charge is 0.229 e. The molecule has 1 aliphatic rings. The van der Waals surface area contributed by atoms with Crippen molar-refractivity contribution in [3.05, 3.63) is 72.4 Å². The fourth-order valence-electron chi connectivity index (χ4n) is 3.26. The number of rotatable bonds is 6. The van der Waals surface area contributed by atoms with Crippen molar-refractivity contribution in [2.75, 3.05) is 48.8 Å². The Morgan fingerprint density at radius 1 is 0.893 bits per heavy atom. The molecule has 2 heterocycles. The molecule has 0 unspecified atom stereocenters. The van der Waals surface area contributed by atoms with Gasteiger partial charge in [-0.05, 0) is 42.9 Å². The van der Waals surface area contributed by atoms with Gasteiger partial charge in [-0.1, -0.05) is 30.3 Å². The topological polar surface area (TPSA) is 56.3 Å². The van der Waals surface area contributed by atoms with Crippen LogP contribution in [0.25, 0.3) is 0 Å². The zero-order valence-electron chi connectivity index (χ0n) is 16.2. The highest BCUT2D eigenvalue weighted by Gasteiger charge is 2.14. The van der Waals surface area contributed by atoms with Gasteiger partial charge in [0.2, 0.25) is 5.95 Å². The first-order chi connectivity index (χ1) is 13.8. The van der Waals surface area contributed by atoms with Crippen molar-refractivity contribution in [3.63, 3.8) is 0 Å². The van der Waals surface area contributed by atoms with Crippen LogP contribution in [0.4, 0.5) is 23.1 Å². The maximum atomic E-state index is 4.55. The molecule has 6 heteroatoms. The normalized spacial score (nSPS) is 14.7. The summed E-state index contributed by atoms with van der Waals surface area (Å²) in [5.74, 6) is 1.39. The van der Waals surface area contributed by atoms with E-state index in [1.807, 2.05) is 24.3 Å². The second kappa shape index (κ2) is 8.71. The molecule has 1 aromatic heterocycles. The summed E-state index contributed by atoms with van der Waals surface area (Å²) >= 11 is 0. The van der Waals surface area contributed by atoms with Crippen LogP contribution in [0.5, 0.6) is 0 Å². The standard InChI is InChI=1S/C22H26N6/c1-27-13-15-28(16-14-27)20-9-7-19(8-10-20)25-22-23-12-11-21(26-22)24-17-18-5-3-2-4-6-18/h2-12H,13-17H2,1H3,(H2,23,24,25,26). The molecule has 1 saturated heterocycles. The summed E-state index contributed by atoms with van der Waals surface area (Å²) in [7, 11) is 2.17. The maximum absolute atomic E-state index is 4.55. The molecule has 6 nitrogen and oxygen atoms in total. The van der Waals surface area contributed by atoms with E-state index in [-0.39, 0.29) is 0 Å². The third kappa shape index (κ3) is 4.78. The van der Waals surface area contributed by atoms with Gasteiger partial charge in [-0.15, -0.1) is 0 Å². The number of piperazine rings is 1. The summed E-state index contributed by atoms with van der Waals surface area (Å²) in [6, 6.07) is 20.6. The van der Waals surface area contributed by atoms with Gasteiger partial charge in [0.05, 0.1) is 0 Å². The number of anilines is 4. The molecule has 0 atom stereocenters. The third-order valence-electron chi connectivity index (χ3n) is 4.96. The highest BCUT2D eigenvalue weighted by Crippen LogP contribution is 2.21. The van der Waals surface area contributed by atoms with Crippen molar-refractivity contribution in [2.24, 2.45) is 0 Å². The summed E-state index contributed by atoms with van der Waals surface area (Å²) < 4.78 is 0. The molecular weight excluding hydrogens is 348 g/mol. The van der Waals surface area contributed by atoms with Crippen LogP contribution < -0.4 is 15.5 Å². The van der Waals surface area contributed by atoms with Gasteiger partial charge in [0.1, 0.15) is 5.82 Å². The van der Waals surface area contributed by atoms with E-state index in [0.717, 1.165) is 44.2 Å². The van der Waals surface area contributed by atoms with Crippen LogP contribution in [0, 0.1) is 0 Å². The van der Waals surface area contributed by atoms with Crippen molar-refractivity contribution in [3.8, 4) is 0 Å². The first-order valence-corrected chi connectivity index (χ1v) is 9.68. The molecule has 1 aliphatic heterocycles. The van der Waals surface area contributed by atoms with E-state index >= 15 is 0 Å². The number of nitrogens with one attached hydrogen (secondary N) is 2. The summed E-state index contributed by atoms with van der Waals surface area (Å²) in [6.45, 7) is 5.09. The summed E-state index contributed by atoms with van der Waals surface area (Å²) in [6.07, 6.45) is 1.77. The Morgan fingerprint density at radius 3 is 2.39 bits per heavy atom. The van der Waals surface area contributed by atoms with Crippen molar-refractivity contribution < 1.29 is 0 Å². The minimum Gasteiger partial charge on any atom is -0.369 e. The fourth-order valence-corrected chi connectivity index (χ4v) is 3.26. The minimum absolute atomic E-state index is 0.588. The Labute approximate surface area is 166 Å². The Kier molecular flexibility index (Phi) is 5.68. The van der Waals surface area contributed by atoms with E-state index in [1.165, 1.54) is 11.3 Å². The highest BCUT2D eigenvalue weighted by molar-refractivity contribution is 5.60. The van der Waals surface area contributed by atoms with Crippen LogP contribution in [0.1, 0.15) is 5.56 Å². The van der Waals surface area contributed by atoms with Crippen molar-refractivity contribution in [2.45, 2.75) is 6.54 Å². The molecule has 144 valence electrons. The SMILES string of the molecule is CN1CCN(c2ccc(Nc3nccc(NCc4ccccc4)n3)cc2)CC1. The molecule has 2 aromatic carbocycles. The van der Waals surface area contributed by atoms with Crippen LogP contribution in [0.2, 0.25) is 0 Å². The lowest BCUT2D eigenvalue weighted by molar-refractivity contribution is 0.313. The molecule has 0 saturated carbocycles. The van der Waals surface area contributed by atoms with Gasteiger partial charge >= 0.3 is 0 Å². The zero-order valence-corrected chi connectivity index (χ0v) is 16.2. The molecule has 0 aliphatic carbocycles. The Bertz CT molecular complexity index is 873. The second-order valence-electron chi connectivity index (χ2n) is 7.07. The van der Waals surface area contributed by atoms with Crippen molar-refractivity contribution in [1.82, 2.24) is 14.9 Å². The number of hydrogen-bond acceptors (Lipinski definition) is 6. The highest BCUT2D eigenvalue weighted by atomic mass is 15.2. The third-order valence-corrected chi connectivity index (χ3v) is 4.96. The minimum atomic E-state index is 0.588. The first kappa shape index (κ1) is 18.3. The fraction of sp³-hybridized carbons (Fsp3) is 0.273. The lowest BCUT2D eigenvalue weighted by Gasteiger charge is -2.34. The molecular formula is C22H26N6. The van der Waals surface area contributed by atoms with Crippen LogP contribution in [0.15, 0.2) is 66.9 Å².